The van der Waals surface area contributed by atoms with Crippen molar-refractivity contribution in [3.05, 3.63) is 46.2 Å². The number of hydrogen-bond donors (Lipinski definition) is 0. The van der Waals surface area contributed by atoms with Gasteiger partial charge in [0.05, 0.1) is 28.3 Å². The van der Waals surface area contributed by atoms with Crippen molar-refractivity contribution in [2.45, 2.75) is 13.3 Å². The zero-order valence-corrected chi connectivity index (χ0v) is 10.4. The normalized spacial score (nSPS) is 10.1. The molecular weight excluding hydrogens is 266 g/mol. The molecular formula is C12H10BrN3. The molecule has 0 aliphatic heterocycles. The van der Waals surface area contributed by atoms with Crippen molar-refractivity contribution in [2.24, 2.45) is 0 Å². The molecule has 1 heterocycles. The summed E-state index contributed by atoms with van der Waals surface area (Å²) < 4.78 is 2.67. The summed E-state index contributed by atoms with van der Waals surface area (Å²) in [6.45, 7) is 2.04. The Morgan fingerprint density at radius 3 is 2.88 bits per heavy atom. The molecule has 1 aromatic carbocycles. The van der Waals surface area contributed by atoms with Crippen LogP contribution in [0.3, 0.4) is 0 Å². The molecule has 0 radical (unpaired) electrons. The van der Waals surface area contributed by atoms with Crippen LogP contribution in [0.2, 0.25) is 0 Å². The van der Waals surface area contributed by atoms with Crippen LogP contribution in [0.5, 0.6) is 0 Å². The van der Waals surface area contributed by atoms with Crippen LogP contribution in [-0.4, -0.2) is 9.78 Å². The van der Waals surface area contributed by atoms with E-state index in [2.05, 4.69) is 27.1 Å². The lowest BCUT2D eigenvalue weighted by molar-refractivity contribution is 0.847. The van der Waals surface area contributed by atoms with Gasteiger partial charge < -0.3 is 0 Å². The van der Waals surface area contributed by atoms with Gasteiger partial charge in [-0.1, -0.05) is 18.2 Å². The quantitative estimate of drug-likeness (QED) is 0.846. The van der Waals surface area contributed by atoms with E-state index >= 15 is 0 Å². The second kappa shape index (κ2) is 4.50. The van der Waals surface area contributed by atoms with E-state index in [-0.39, 0.29) is 0 Å². The van der Waals surface area contributed by atoms with Crippen molar-refractivity contribution >= 4 is 15.9 Å². The highest BCUT2D eigenvalue weighted by atomic mass is 79.9. The molecule has 0 atom stereocenters. The van der Waals surface area contributed by atoms with Crippen LogP contribution >= 0.6 is 15.9 Å². The number of nitrogens with zero attached hydrogens (tertiary/aromatic N) is 3. The van der Waals surface area contributed by atoms with Crippen molar-refractivity contribution in [1.82, 2.24) is 9.78 Å². The van der Waals surface area contributed by atoms with Gasteiger partial charge >= 0.3 is 0 Å². The van der Waals surface area contributed by atoms with E-state index in [1.807, 2.05) is 37.4 Å². The second-order valence-corrected chi connectivity index (χ2v) is 4.34. The van der Waals surface area contributed by atoms with E-state index in [1.54, 1.807) is 4.68 Å². The SMILES string of the molecule is Cc1ccccc1-n1cc(Br)c(CC#N)n1. The third-order valence-electron chi connectivity index (χ3n) is 2.35. The van der Waals surface area contributed by atoms with E-state index in [0.717, 1.165) is 21.4 Å². The maximum atomic E-state index is 8.66. The number of nitriles is 1. The Labute approximate surface area is 102 Å². The van der Waals surface area contributed by atoms with Gasteiger partial charge in [0.1, 0.15) is 0 Å². The first-order chi connectivity index (χ1) is 7.72. The Morgan fingerprint density at radius 2 is 2.19 bits per heavy atom. The van der Waals surface area contributed by atoms with Crippen LogP contribution in [0.25, 0.3) is 5.69 Å². The molecule has 0 N–H and O–H groups in total. The Morgan fingerprint density at radius 1 is 1.44 bits per heavy atom. The number of para-hydroxylation sites is 1. The molecule has 0 fully saturated rings. The summed E-state index contributed by atoms with van der Waals surface area (Å²) in [6, 6.07) is 10.1. The average molecular weight is 276 g/mol. The molecule has 0 aliphatic carbocycles. The topological polar surface area (TPSA) is 41.6 Å². The maximum absolute atomic E-state index is 8.66. The summed E-state index contributed by atoms with van der Waals surface area (Å²) >= 11 is 3.41. The second-order valence-electron chi connectivity index (χ2n) is 3.49. The highest BCUT2D eigenvalue weighted by Gasteiger charge is 2.08. The lowest BCUT2D eigenvalue weighted by atomic mass is 10.2. The molecule has 16 heavy (non-hydrogen) atoms. The first-order valence-electron chi connectivity index (χ1n) is 4.89. The number of halogens is 1. The lowest BCUT2D eigenvalue weighted by Crippen LogP contribution is -1.98. The molecule has 2 rings (SSSR count). The summed E-state index contributed by atoms with van der Waals surface area (Å²) in [6.07, 6.45) is 2.20. The number of benzene rings is 1. The maximum Gasteiger partial charge on any atom is 0.0911 e. The molecule has 1 aromatic heterocycles. The van der Waals surface area contributed by atoms with Gasteiger partial charge in [-0.2, -0.15) is 10.4 Å². The van der Waals surface area contributed by atoms with E-state index < -0.39 is 0 Å². The van der Waals surface area contributed by atoms with Crippen molar-refractivity contribution in [1.29, 1.82) is 5.26 Å². The summed E-state index contributed by atoms with van der Waals surface area (Å²) in [5.41, 5.74) is 2.96. The van der Waals surface area contributed by atoms with Crippen LogP contribution in [0.4, 0.5) is 0 Å². The fraction of sp³-hybridized carbons (Fsp3) is 0.167. The Hall–Kier alpha value is -1.60. The van der Waals surface area contributed by atoms with Gasteiger partial charge in [-0.3, -0.25) is 0 Å². The highest BCUT2D eigenvalue weighted by Crippen LogP contribution is 2.20. The van der Waals surface area contributed by atoms with Crippen LogP contribution < -0.4 is 0 Å². The van der Waals surface area contributed by atoms with Gasteiger partial charge in [0.25, 0.3) is 0 Å². The van der Waals surface area contributed by atoms with E-state index in [0.29, 0.717) is 6.42 Å². The molecule has 0 bridgehead atoms. The number of aromatic nitrogens is 2. The molecule has 4 heteroatoms. The van der Waals surface area contributed by atoms with Gasteiger partial charge in [0, 0.05) is 6.20 Å². The van der Waals surface area contributed by atoms with Gasteiger partial charge in [0.2, 0.25) is 0 Å². The minimum absolute atomic E-state index is 0.319. The highest BCUT2D eigenvalue weighted by molar-refractivity contribution is 9.10. The molecule has 80 valence electrons. The van der Waals surface area contributed by atoms with Gasteiger partial charge in [-0.15, -0.1) is 0 Å². The van der Waals surface area contributed by atoms with E-state index in [4.69, 9.17) is 5.26 Å². The molecule has 0 unspecified atom stereocenters. The number of rotatable bonds is 2. The van der Waals surface area contributed by atoms with Crippen LogP contribution in [-0.2, 0) is 6.42 Å². The molecule has 2 aromatic rings. The monoisotopic (exact) mass is 275 g/mol. The summed E-state index contributed by atoms with van der Waals surface area (Å²) in [5.74, 6) is 0. The van der Waals surface area contributed by atoms with Crippen molar-refractivity contribution in [3.63, 3.8) is 0 Å². The fourth-order valence-electron chi connectivity index (χ4n) is 1.53. The minimum Gasteiger partial charge on any atom is -0.239 e. The van der Waals surface area contributed by atoms with Crippen LogP contribution in [0, 0.1) is 18.3 Å². The Kier molecular flexibility index (Phi) is 3.07. The number of hydrogen-bond acceptors (Lipinski definition) is 2. The smallest absolute Gasteiger partial charge is 0.0911 e. The third kappa shape index (κ3) is 2.00. The largest absolute Gasteiger partial charge is 0.239 e. The molecule has 0 saturated heterocycles. The molecule has 0 aliphatic rings. The van der Waals surface area contributed by atoms with Crippen LogP contribution in [0.1, 0.15) is 11.3 Å². The first-order valence-corrected chi connectivity index (χ1v) is 5.68. The third-order valence-corrected chi connectivity index (χ3v) is 3.01. The zero-order valence-electron chi connectivity index (χ0n) is 8.81. The zero-order chi connectivity index (χ0) is 11.5. The first kappa shape index (κ1) is 10.9. The molecule has 3 nitrogen and oxygen atoms in total. The average Bonchev–Trinajstić information content (AvgIpc) is 2.61. The van der Waals surface area contributed by atoms with Gasteiger partial charge in [-0.25, -0.2) is 4.68 Å². The molecule has 0 amide bonds. The van der Waals surface area contributed by atoms with E-state index in [9.17, 15) is 0 Å². The lowest BCUT2D eigenvalue weighted by Gasteiger charge is -2.04. The van der Waals surface area contributed by atoms with Gasteiger partial charge in [0.15, 0.2) is 0 Å². The standard InChI is InChI=1S/C12H10BrN3/c1-9-4-2-3-5-12(9)16-8-10(13)11(15-16)6-7-14/h2-5,8H,6H2,1H3. The summed E-state index contributed by atoms with van der Waals surface area (Å²) in [5, 5.41) is 13.0. The fourth-order valence-corrected chi connectivity index (χ4v) is 1.94. The Balaban J connectivity index is 2.46. The molecule has 0 saturated carbocycles. The molecule has 0 spiro atoms. The predicted octanol–water partition coefficient (Wildman–Crippen LogP) is 3.01. The van der Waals surface area contributed by atoms with Crippen LogP contribution in [0.15, 0.2) is 34.9 Å². The summed E-state index contributed by atoms with van der Waals surface area (Å²) in [4.78, 5) is 0. The predicted molar refractivity (Wildman–Crippen MR) is 65.3 cm³/mol. The Bertz CT molecular complexity index is 552. The van der Waals surface area contributed by atoms with E-state index in [1.165, 1.54) is 0 Å². The van der Waals surface area contributed by atoms with Crippen molar-refractivity contribution in [3.8, 4) is 11.8 Å². The van der Waals surface area contributed by atoms with Crippen molar-refractivity contribution < 1.29 is 0 Å². The van der Waals surface area contributed by atoms with Crippen molar-refractivity contribution in [2.75, 3.05) is 0 Å². The van der Waals surface area contributed by atoms with Gasteiger partial charge in [-0.05, 0) is 34.5 Å². The summed E-state index contributed by atoms with van der Waals surface area (Å²) in [7, 11) is 0. The minimum atomic E-state index is 0.319. The number of aryl methyl sites for hydroxylation is 1.